The highest BCUT2D eigenvalue weighted by Crippen LogP contribution is 2.41. The molecule has 1 aromatic carbocycles. The molecule has 55 heavy (non-hydrogen) atoms. The molecular weight excluding hydrogens is 697 g/mol. The third-order valence-electron chi connectivity index (χ3n) is 10.8. The van der Waals surface area contributed by atoms with E-state index < -0.39 is 35.2 Å². The van der Waals surface area contributed by atoms with Crippen molar-refractivity contribution in [2.45, 2.75) is 117 Å². The Kier molecular flexibility index (Phi) is 12.1. The smallest absolute Gasteiger partial charge is 0.408 e. The topological polar surface area (TPSA) is 127 Å². The predicted molar refractivity (Wildman–Crippen MR) is 214 cm³/mol. The Bertz CT molecular complexity index is 1930. The molecule has 2 aromatic heterocycles. The zero-order valence-electron chi connectivity index (χ0n) is 34.2. The third kappa shape index (κ3) is 9.08. The Hall–Kier alpha value is -4.26. The summed E-state index contributed by atoms with van der Waals surface area (Å²) in [4.78, 5) is 48.4. The number of ether oxygens (including phenoxy) is 3. The first kappa shape index (κ1) is 40.4. The molecule has 6 rings (SSSR count). The van der Waals surface area contributed by atoms with Crippen molar-refractivity contribution < 1.29 is 28.6 Å². The van der Waals surface area contributed by atoms with Crippen LogP contribution in [-0.2, 0) is 36.8 Å². The lowest BCUT2D eigenvalue weighted by Crippen LogP contribution is -2.63. The molecule has 12 heteroatoms. The van der Waals surface area contributed by atoms with Crippen LogP contribution in [0.2, 0.25) is 0 Å². The van der Waals surface area contributed by atoms with Gasteiger partial charge < -0.3 is 24.1 Å². The first-order valence-corrected chi connectivity index (χ1v) is 19.9. The van der Waals surface area contributed by atoms with Gasteiger partial charge in [0, 0.05) is 67.4 Å². The lowest BCUT2D eigenvalue weighted by atomic mass is 9.83. The molecular formula is C43H60N6O6. The van der Waals surface area contributed by atoms with Gasteiger partial charge in [0.05, 0.1) is 24.6 Å². The molecule has 2 N–H and O–H groups in total. The molecule has 298 valence electrons. The van der Waals surface area contributed by atoms with Gasteiger partial charge in [-0.3, -0.25) is 24.5 Å². The number of benzene rings is 1. The minimum Gasteiger partial charge on any atom is -0.464 e. The van der Waals surface area contributed by atoms with Crippen molar-refractivity contribution >= 4 is 34.4 Å². The minimum atomic E-state index is -0.960. The molecule has 4 atom stereocenters. The molecule has 12 nitrogen and oxygen atoms in total. The summed E-state index contributed by atoms with van der Waals surface area (Å²) in [6.45, 7) is 18.8. The van der Waals surface area contributed by atoms with Crippen molar-refractivity contribution in [2.24, 2.45) is 5.41 Å². The highest BCUT2D eigenvalue weighted by atomic mass is 16.6. The van der Waals surface area contributed by atoms with Crippen molar-refractivity contribution in [3.63, 3.8) is 0 Å². The molecule has 0 aliphatic carbocycles. The number of pyridine rings is 1. The summed E-state index contributed by atoms with van der Waals surface area (Å²) in [6.07, 6.45) is 5.98. The fourth-order valence-corrected chi connectivity index (χ4v) is 8.22. The van der Waals surface area contributed by atoms with Crippen LogP contribution in [0.15, 0.2) is 42.6 Å². The fraction of sp³-hybridized carbons (Fsp3) is 0.581. The highest BCUT2D eigenvalue weighted by Gasteiger charge is 2.38. The van der Waals surface area contributed by atoms with E-state index in [-0.39, 0.29) is 31.0 Å². The van der Waals surface area contributed by atoms with E-state index in [1.807, 2.05) is 12.3 Å². The average molecular weight is 757 g/mol. The summed E-state index contributed by atoms with van der Waals surface area (Å²) in [7, 11) is 1.68. The van der Waals surface area contributed by atoms with Crippen LogP contribution in [0.1, 0.15) is 97.4 Å². The number of carbonyl (C=O) groups excluding carboxylic acids is 3. The molecule has 0 spiro atoms. The van der Waals surface area contributed by atoms with Crippen LogP contribution in [0.25, 0.3) is 27.7 Å². The van der Waals surface area contributed by atoms with Crippen LogP contribution in [0.4, 0.5) is 4.79 Å². The summed E-state index contributed by atoms with van der Waals surface area (Å²) < 4.78 is 19.8. The summed E-state index contributed by atoms with van der Waals surface area (Å²) >= 11 is 0. The van der Waals surface area contributed by atoms with Crippen molar-refractivity contribution in [3.05, 3.63) is 59.4 Å². The summed E-state index contributed by atoms with van der Waals surface area (Å²) in [5.74, 6) is -0.521. The van der Waals surface area contributed by atoms with Gasteiger partial charge in [0.25, 0.3) is 5.91 Å². The Morgan fingerprint density at radius 3 is 2.67 bits per heavy atom. The Morgan fingerprint density at radius 2 is 1.96 bits per heavy atom. The molecule has 0 radical (unpaired) electrons. The monoisotopic (exact) mass is 756 g/mol. The number of methoxy groups -OCH3 is 1. The Morgan fingerprint density at radius 1 is 1.18 bits per heavy atom. The van der Waals surface area contributed by atoms with Crippen LogP contribution in [-0.4, -0.2) is 101 Å². The number of aryl methyl sites for hydroxylation is 1. The molecule has 6 bridgehead atoms. The molecule has 3 aliphatic rings. The van der Waals surface area contributed by atoms with E-state index in [0.717, 1.165) is 45.5 Å². The summed E-state index contributed by atoms with van der Waals surface area (Å²) in [6, 6.07) is 9.22. The molecule has 1 saturated heterocycles. The van der Waals surface area contributed by atoms with Gasteiger partial charge in [-0.2, -0.15) is 0 Å². The van der Waals surface area contributed by atoms with Crippen molar-refractivity contribution in [2.75, 3.05) is 40.0 Å². The number of alkyl carbamates (subject to hydrolysis) is 1. The van der Waals surface area contributed by atoms with E-state index in [0.29, 0.717) is 45.4 Å². The first-order valence-electron chi connectivity index (χ1n) is 19.9. The van der Waals surface area contributed by atoms with E-state index in [2.05, 4.69) is 85.2 Å². The number of nitrogens with zero attached hydrogens (tertiary/aromatic N) is 4. The fourth-order valence-electron chi connectivity index (χ4n) is 8.22. The second kappa shape index (κ2) is 16.5. The average Bonchev–Trinajstić information content (AvgIpc) is 3.44. The van der Waals surface area contributed by atoms with Gasteiger partial charge in [0.15, 0.2) is 0 Å². The quantitative estimate of drug-likeness (QED) is 0.273. The zero-order valence-corrected chi connectivity index (χ0v) is 34.2. The SMILES string of the molecule is CCn1c(-c2cccnc2C(C)C)c2c3cc(ccc31)C1=CC[C@H](COC)N(C1)C[C@H](NC(=O)OC(C)(C)C)C(=O)N1CCC[C@H](N1)C(=O)OCC(C)(C)C2. The number of esters is 1. The standard InChI is InChI=1S/C43H60N6O6/c1-10-48-36-18-16-28-21-32(36)33(38(48)31-13-11-19-44-37(31)27(2)3)22-43(7,8)26-54-40(51)34-14-12-20-49(46-34)39(50)35(45-41(52)55-42(4,5)6)24-47-23-29(28)15-17-30(47)25-53-9/h11,13,15-16,18-19,21,27,30,34-35,46H,10,12,14,17,20,22-26H2,1-9H3,(H,45,52)/t30-,34+,35+/m1/s1. The molecule has 0 saturated carbocycles. The van der Waals surface area contributed by atoms with E-state index in [1.54, 1.807) is 27.9 Å². The normalized spacial score (nSPS) is 23.6. The number of fused-ring (bicyclic) bond motifs is 6. The minimum absolute atomic E-state index is 0.0278. The number of carbonyl (C=O) groups is 3. The van der Waals surface area contributed by atoms with Crippen LogP contribution in [0.3, 0.4) is 0 Å². The highest BCUT2D eigenvalue weighted by molar-refractivity contribution is 5.95. The second-order valence-corrected chi connectivity index (χ2v) is 17.4. The number of hydrazine groups is 1. The number of nitrogens with one attached hydrogen (secondary N) is 2. The van der Waals surface area contributed by atoms with Gasteiger partial charge in [-0.25, -0.2) is 10.2 Å². The van der Waals surface area contributed by atoms with Gasteiger partial charge in [-0.1, -0.05) is 39.8 Å². The number of amides is 2. The van der Waals surface area contributed by atoms with Gasteiger partial charge in [0.1, 0.15) is 17.7 Å². The maximum Gasteiger partial charge on any atom is 0.408 e. The van der Waals surface area contributed by atoms with Gasteiger partial charge in [-0.05, 0) is 100 Å². The Balaban J connectivity index is 1.50. The molecule has 3 aromatic rings. The molecule has 1 unspecified atom stereocenters. The lowest BCUT2D eigenvalue weighted by molar-refractivity contribution is -0.155. The van der Waals surface area contributed by atoms with Gasteiger partial charge in [0.2, 0.25) is 0 Å². The van der Waals surface area contributed by atoms with Crippen molar-refractivity contribution in [1.82, 2.24) is 30.2 Å². The van der Waals surface area contributed by atoms with Crippen LogP contribution >= 0.6 is 0 Å². The van der Waals surface area contributed by atoms with E-state index in [1.165, 1.54) is 10.6 Å². The number of hydrogen-bond acceptors (Lipinski definition) is 9. The van der Waals surface area contributed by atoms with Crippen molar-refractivity contribution in [1.29, 1.82) is 0 Å². The molecule has 1 fully saturated rings. The predicted octanol–water partition coefficient (Wildman–Crippen LogP) is 6.47. The van der Waals surface area contributed by atoms with E-state index >= 15 is 0 Å². The van der Waals surface area contributed by atoms with Crippen LogP contribution in [0, 0.1) is 5.41 Å². The molecule has 2 amide bonds. The number of cyclic esters (lactones) is 1. The second-order valence-electron chi connectivity index (χ2n) is 17.4. The van der Waals surface area contributed by atoms with Crippen molar-refractivity contribution in [3.8, 4) is 11.3 Å². The largest absolute Gasteiger partial charge is 0.464 e. The Labute approximate surface area is 325 Å². The maximum atomic E-state index is 14.3. The first-order chi connectivity index (χ1) is 26.1. The summed E-state index contributed by atoms with van der Waals surface area (Å²) in [5, 5.41) is 5.51. The maximum absolute atomic E-state index is 14.3. The van der Waals surface area contributed by atoms with Gasteiger partial charge >= 0.3 is 12.1 Å². The lowest BCUT2D eigenvalue weighted by Gasteiger charge is -2.40. The molecule has 3 aliphatic heterocycles. The molecule has 5 heterocycles. The van der Waals surface area contributed by atoms with E-state index in [4.69, 9.17) is 19.2 Å². The van der Waals surface area contributed by atoms with Crippen LogP contribution < -0.4 is 10.7 Å². The number of aromatic nitrogens is 2. The van der Waals surface area contributed by atoms with Crippen LogP contribution in [0.5, 0.6) is 0 Å². The zero-order chi connectivity index (χ0) is 39.7. The number of rotatable bonds is 6. The van der Waals surface area contributed by atoms with E-state index in [9.17, 15) is 14.4 Å². The van der Waals surface area contributed by atoms with Gasteiger partial charge in [-0.15, -0.1) is 0 Å². The third-order valence-corrected chi connectivity index (χ3v) is 10.8. The number of hydrogen-bond donors (Lipinski definition) is 2. The summed E-state index contributed by atoms with van der Waals surface area (Å²) in [5.41, 5.74) is 9.88.